The first-order valence-corrected chi connectivity index (χ1v) is 5.90. The molecular weight excluding hydrogens is 256 g/mol. The third kappa shape index (κ3) is 3.40. The molecule has 1 heterocycles. The highest BCUT2D eigenvalue weighted by molar-refractivity contribution is 6.29. The molecule has 0 aromatic carbocycles. The lowest BCUT2D eigenvalue weighted by molar-refractivity contribution is 0.508. The molecule has 18 heavy (non-hydrogen) atoms. The molecule has 1 aromatic heterocycles. The van der Waals surface area contributed by atoms with Crippen molar-refractivity contribution in [3.63, 3.8) is 0 Å². The number of hydrogen-bond donors (Lipinski definition) is 3. The lowest BCUT2D eigenvalue weighted by Gasteiger charge is -2.15. The third-order valence-corrected chi connectivity index (χ3v) is 2.38. The minimum Gasteiger partial charge on any atom is -0.383 e. The number of nitrogens with zero attached hydrogens (tertiary/aromatic N) is 1. The van der Waals surface area contributed by atoms with E-state index in [1.807, 2.05) is 13.8 Å². The van der Waals surface area contributed by atoms with Crippen LogP contribution in [0, 0.1) is 5.92 Å². The summed E-state index contributed by atoms with van der Waals surface area (Å²) in [6, 6.07) is 0. The summed E-state index contributed by atoms with van der Waals surface area (Å²) in [5.41, 5.74) is 4.89. The Hall–Kier alpha value is -1.69. The van der Waals surface area contributed by atoms with Crippen LogP contribution in [0.2, 0.25) is 0 Å². The summed E-state index contributed by atoms with van der Waals surface area (Å²) in [5, 5.41) is 3.10. The predicted molar refractivity (Wildman–Crippen MR) is 74.1 cm³/mol. The smallest absolute Gasteiger partial charge is 0.330 e. The van der Waals surface area contributed by atoms with Gasteiger partial charge in [-0.3, -0.25) is 14.3 Å². The van der Waals surface area contributed by atoms with Crippen LogP contribution in [0.15, 0.2) is 21.2 Å². The molecule has 0 atom stereocenters. The van der Waals surface area contributed by atoms with Crippen molar-refractivity contribution in [2.24, 2.45) is 5.92 Å². The Balaban J connectivity index is 3.22. The van der Waals surface area contributed by atoms with Crippen LogP contribution in [0.4, 0.5) is 11.5 Å². The number of nitrogens with two attached hydrogens (primary N) is 1. The van der Waals surface area contributed by atoms with Crippen LogP contribution in [0.1, 0.15) is 13.8 Å². The molecule has 7 heteroatoms. The second-order valence-electron chi connectivity index (χ2n) is 4.39. The minimum atomic E-state index is -0.560. The third-order valence-electron chi connectivity index (χ3n) is 2.24. The second-order valence-corrected chi connectivity index (χ2v) is 4.93. The van der Waals surface area contributed by atoms with E-state index in [0.29, 0.717) is 11.6 Å². The van der Waals surface area contributed by atoms with Gasteiger partial charge in [-0.1, -0.05) is 32.0 Å². The summed E-state index contributed by atoms with van der Waals surface area (Å²) in [7, 11) is 0. The highest BCUT2D eigenvalue weighted by Crippen LogP contribution is 2.12. The first kappa shape index (κ1) is 14.4. The van der Waals surface area contributed by atoms with Gasteiger partial charge in [-0.2, -0.15) is 0 Å². The van der Waals surface area contributed by atoms with Gasteiger partial charge in [0, 0.05) is 11.6 Å². The normalized spacial score (nSPS) is 10.7. The minimum absolute atomic E-state index is 0.107. The van der Waals surface area contributed by atoms with Gasteiger partial charge in [-0.15, -0.1) is 0 Å². The van der Waals surface area contributed by atoms with Gasteiger partial charge in [-0.25, -0.2) is 4.79 Å². The number of nitrogen functional groups attached to an aromatic ring is 1. The maximum atomic E-state index is 11.6. The SMILES string of the molecule is C=C(Cl)CNc1c(N)n(CC(C)C)c(=O)[nH]c1=O. The highest BCUT2D eigenvalue weighted by Gasteiger charge is 2.12. The summed E-state index contributed by atoms with van der Waals surface area (Å²) in [6.07, 6.45) is 0. The quantitative estimate of drug-likeness (QED) is 0.744. The van der Waals surface area contributed by atoms with Crippen molar-refractivity contribution in [1.29, 1.82) is 0 Å². The molecule has 4 N–H and O–H groups in total. The number of rotatable bonds is 5. The monoisotopic (exact) mass is 272 g/mol. The Morgan fingerprint density at radius 1 is 1.56 bits per heavy atom. The summed E-state index contributed by atoms with van der Waals surface area (Å²) in [6.45, 7) is 8.03. The standard InChI is InChI=1S/C11H17ClN4O2/c1-6(2)5-16-9(13)8(14-4-7(3)12)10(17)15-11(16)18/h6,14H,3-5,13H2,1-2H3,(H,15,17,18). The van der Waals surface area contributed by atoms with Crippen molar-refractivity contribution in [2.45, 2.75) is 20.4 Å². The molecule has 1 aromatic rings. The predicted octanol–water partition coefficient (Wildman–Crippen LogP) is 0.939. The molecule has 0 radical (unpaired) electrons. The zero-order valence-corrected chi connectivity index (χ0v) is 11.2. The Morgan fingerprint density at radius 3 is 2.67 bits per heavy atom. The molecule has 0 unspecified atom stereocenters. The maximum absolute atomic E-state index is 11.6. The molecule has 0 saturated heterocycles. The van der Waals surface area contributed by atoms with Crippen LogP contribution in [0.3, 0.4) is 0 Å². The van der Waals surface area contributed by atoms with E-state index in [-0.39, 0.29) is 24.0 Å². The second kappa shape index (κ2) is 5.77. The maximum Gasteiger partial charge on any atom is 0.330 e. The number of aromatic amines is 1. The van der Waals surface area contributed by atoms with E-state index in [2.05, 4.69) is 16.9 Å². The number of hydrogen-bond acceptors (Lipinski definition) is 4. The van der Waals surface area contributed by atoms with Gasteiger partial charge in [0.05, 0.1) is 6.54 Å². The van der Waals surface area contributed by atoms with E-state index in [9.17, 15) is 9.59 Å². The summed E-state index contributed by atoms with van der Waals surface area (Å²) >= 11 is 5.61. The molecular formula is C11H17ClN4O2. The lowest BCUT2D eigenvalue weighted by Crippen LogP contribution is -2.35. The molecule has 0 aliphatic heterocycles. The summed E-state index contributed by atoms with van der Waals surface area (Å²) < 4.78 is 1.32. The van der Waals surface area contributed by atoms with Gasteiger partial charge in [0.15, 0.2) is 0 Å². The van der Waals surface area contributed by atoms with Crippen molar-refractivity contribution < 1.29 is 0 Å². The van der Waals surface area contributed by atoms with Gasteiger partial charge in [0.25, 0.3) is 5.56 Å². The van der Waals surface area contributed by atoms with Crippen LogP contribution in [-0.4, -0.2) is 16.1 Å². The van der Waals surface area contributed by atoms with Crippen LogP contribution >= 0.6 is 11.6 Å². The fourth-order valence-electron chi connectivity index (χ4n) is 1.49. The number of H-pyrrole nitrogens is 1. The van der Waals surface area contributed by atoms with E-state index in [4.69, 9.17) is 17.3 Å². The molecule has 0 aliphatic rings. The van der Waals surface area contributed by atoms with E-state index >= 15 is 0 Å². The van der Waals surface area contributed by atoms with Crippen LogP contribution < -0.4 is 22.3 Å². The van der Waals surface area contributed by atoms with Crippen molar-refractivity contribution in [3.8, 4) is 0 Å². The zero-order chi connectivity index (χ0) is 13.9. The highest BCUT2D eigenvalue weighted by atomic mass is 35.5. The summed E-state index contributed by atoms with van der Waals surface area (Å²) in [5.74, 6) is 0.335. The average molecular weight is 273 g/mol. The van der Waals surface area contributed by atoms with E-state index in [1.54, 1.807) is 0 Å². The Kier molecular flexibility index (Phi) is 4.61. The summed E-state index contributed by atoms with van der Waals surface area (Å²) in [4.78, 5) is 25.5. The van der Waals surface area contributed by atoms with Gasteiger partial charge in [0.1, 0.15) is 11.5 Å². The van der Waals surface area contributed by atoms with Crippen molar-refractivity contribution in [2.75, 3.05) is 17.6 Å². The molecule has 0 fully saturated rings. The van der Waals surface area contributed by atoms with E-state index in [1.165, 1.54) is 4.57 Å². The van der Waals surface area contributed by atoms with Gasteiger partial charge in [-0.05, 0) is 5.92 Å². The fourth-order valence-corrected chi connectivity index (χ4v) is 1.56. The number of halogens is 1. The van der Waals surface area contributed by atoms with Gasteiger partial charge >= 0.3 is 5.69 Å². The molecule has 6 nitrogen and oxygen atoms in total. The van der Waals surface area contributed by atoms with Gasteiger partial charge < -0.3 is 11.1 Å². The van der Waals surface area contributed by atoms with Crippen LogP contribution in [-0.2, 0) is 6.54 Å². The Morgan fingerprint density at radius 2 is 2.17 bits per heavy atom. The molecule has 100 valence electrons. The van der Waals surface area contributed by atoms with Crippen LogP contribution in [0.25, 0.3) is 0 Å². The molecule has 0 saturated carbocycles. The average Bonchev–Trinajstić information content (AvgIpc) is 2.23. The first-order valence-electron chi connectivity index (χ1n) is 5.52. The Labute approximate surface area is 109 Å². The van der Waals surface area contributed by atoms with Crippen LogP contribution in [0.5, 0.6) is 0 Å². The number of aromatic nitrogens is 2. The topological polar surface area (TPSA) is 92.9 Å². The largest absolute Gasteiger partial charge is 0.383 e. The number of nitrogens with one attached hydrogen (secondary N) is 2. The zero-order valence-electron chi connectivity index (χ0n) is 10.4. The van der Waals surface area contributed by atoms with E-state index in [0.717, 1.165) is 0 Å². The van der Waals surface area contributed by atoms with Crippen molar-refractivity contribution in [3.05, 3.63) is 32.4 Å². The van der Waals surface area contributed by atoms with Gasteiger partial charge in [0.2, 0.25) is 0 Å². The van der Waals surface area contributed by atoms with Crippen molar-refractivity contribution >= 4 is 23.1 Å². The molecule has 0 aliphatic carbocycles. The molecule has 0 spiro atoms. The molecule has 0 bridgehead atoms. The Bertz CT molecular complexity index is 559. The molecule has 0 amide bonds. The van der Waals surface area contributed by atoms with Crippen molar-refractivity contribution in [1.82, 2.24) is 9.55 Å². The first-order chi connectivity index (χ1) is 8.32. The van der Waals surface area contributed by atoms with E-state index < -0.39 is 11.2 Å². The fraction of sp³-hybridized carbons (Fsp3) is 0.455. The molecule has 1 rings (SSSR count). The number of anilines is 2. The lowest BCUT2D eigenvalue weighted by atomic mass is 10.2.